The highest BCUT2D eigenvalue weighted by Gasteiger charge is 2.26. The summed E-state index contributed by atoms with van der Waals surface area (Å²) in [5.41, 5.74) is 2.57. The Kier molecular flexibility index (Phi) is 9.02. The average molecular weight is 414 g/mol. The summed E-state index contributed by atoms with van der Waals surface area (Å²) >= 11 is 0. The minimum Gasteiger partial charge on any atom is -0.290 e. The van der Waals surface area contributed by atoms with Crippen LogP contribution >= 0.6 is 0 Å². The van der Waals surface area contributed by atoms with Crippen LogP contribution in [0.5, 0.6) is 0 Å². The van der Waals surface area contributed by atoms with Gasteiger partial charge in [0, 0.05) is 5.92 Å². The summed E-state index contributed by atoms with van der Waals surface area (Å²) < 4.78 is 0. The van der Waals surface area contributed by atoms with E-state index in [1.165, 1.54) is 0 Å². The van der Waals surface area contributed by atoms with Gasteiger partial charge in [-0.3, -0.25) is 9.78 Å². The van der Waals surface area contributed by atoms with Gasteiger partial charge in [0.15, 0.2) is 0 Å². The maximum absolute atomic E-state index is 12.3. The summed E-state index contributed by atoms with van der Waals surface area (Å²) in [6.07, 6.45) is 0.611. The number of hydrogen-bond acceptors (Lipinski definition) is 6. The quantitative estimate of drug-likeness (QED) is 0.287. The van der Waals surface area contributed by atoms with Gasteiger partial charge in [-0.15, -0.1) is 9.78 Å². The predicted octanol–water partition coefficient (Wildman–Crippen LogP) is 5.58. The van der Waals surface area contributed by atoms with E-state index in [4.69, 9.17) is 19.6 Å². The molecule has 0 aliphatic rings. The molecule has 0 N–H and O–H groups in total. The van der Waals surface area contributed by atoms with Crippen LogP contribution in [-0.2, 0) is 19.6 Å². The number of rotatable bonds is 10. The molecule has 162 valence electrons. The van der Waals surface area contributed by atoms with Crippen molar-refractivity contribution in [3.63, 3.8) is 0 Å². The molecule has 0 amide bonds. The minimum atomic E-state index is -1.05. The molecule has 0 fully saturated rings. The molecule has 0 aromatic heterocycles. The van der Waals surface area contributed by atoms with Gasteiger partial charge in [-0.2, -0.15) is 0 Å². The van der Waals surface area contributed by atoms with Crippen LogP contribution in [-0.4, -0.2) is 18.2 Å². The van der Waals surface area contributed by atoms with Gasteiger partial charge in [0.2, 0.25) is 6.29 Å². The largest absolute Gasteiger partial charge is 0.373 e. The Balaban J connectivity index is 2.00. The molecule has 0 bridgehead atoms. The van der Waals surface area contributed by atoms with Crippen LogP contribution in [0.3, 0.4) is 0 Å². The van der Waals surface area contributed by atoms with E-state index in [-0.39, 0.29) is 5.92 Å². The van der Waals surface area contributed by atoms with Gasteiger partial charge < -0.3 is 0 Å². The van der Waals surface area contributed by atoms with E-state index < -0.39 is 18.2 Å². The summed E-state index contributed by atoms with van der Waals surface area (Å²) in [6, 6.07) is 13.9. The molecule has 0 radical (unpaired) electrons. The number of carbonyl (C=O) groups is 2. The van der Waals surface area contributed by atoms with Gasteiger partial charge in [-0.1, -0.05) is 62.6 Å². The summed E-state index contributed by atoms with van der Waals surface area (Å²) in [5.74, 6) is -0.984. The monoisotopic (exact) mass is 414 g/mol. The Morgan fingerprint density at radius 3 is 1.63 bits per heavy atom. The van der Waals surface area contributed by atoms with Crippen molar-refractivity contribution >= 4 is 11.9 Å². The van der Waals surface area contributed by atoms with E-state index in [1.54, 1.807) is 36.4 Å². The first kappa shape index (κ1) is 23.6. The van der Waals surface area contributed by atoms with Crippen LogP contribution in [0, 0.1) is 25.7 Å². The molecule has 0 saturated heterocycles. The van der Waals surface area contributed by atoms with Crippen molar-refractivity contribution in [2.24, 2.45) is 11.8 Å². The van der Waals surface area contributed by atoms with Gasteiger partial charge in [0.05, 0.1) is 11.1 Å². The average Bonchev–Trinajstić information content (AvgIpc) is 2.71. The summed E-state index contributed by atoms with van der Waals surface area (Å²) in [7, 11) is 0. The molecule has 0 heterocycles. The highest BCUT2D eigenvalue weighted by molar-refractivity contribution is 5.89. The molecule has 0 aliphatic heterocycles. The third-order valence-corrected chi connectivity index (χ3v) is 4.61. The van der Waals surface area contributed by atoms with Crippen molar-refractivity contribution in [2.75, 3.05) is 0 Å². The van der Waals surface area contributed by atoms with E-state index in [0.717, 1.165) is 24.0 Å². The first-order valence-electron chi connectivity index (χ1n) is 10.1. The van der Waals surface area contributed by atoms with E-state index in [9.17, 15) is 9.59 Å². The van der Waals surface area contributed by atoms with E-state index >= 15 is 0 Å². The minimum absolute atomic E-state index is 0.178. The van der Waals surface area contributed by atoms with Crippen molar-refractivity contribution in [1.29, 1.82) is 0 Å². The second-order valence-electron chi connectivity index (χ2n) is 7.99. The molecule has 2 aromatic carbocycles. The predicted molar refractivity (Wildman–Crippen MR) is 112 cm³/mol. The highest BCUT2D eigenvalue weighted by atomic mass is 17.3. The second-order valence-corrected chi connectivity index (χ2v) is 7.99. The van der Waals surface area contributed by atoms with Crippen LogP contribution in [0.4, 0.5) is 0 Å². The fraction of sp³-hybridized carbons (Fsp3) is 0.417. The smallest absolute Gasteiger partial charge is 0.290 e. The first-order chi connectivity index (χ1) is 14.3. The van der Waals surface area contributed by atoms with Crippen LogP contribution in [0.15, 0.2) is 48.5 Å². The molecule has 0 saturated carbocycles. The normalized spacial score (nSPS) is 12.1. The number of aryl methyl sites for hydroxylation is 2. The Morgan fingerprint density at radius 1 is 0.767 bits per heavy atom. The van der Waals surface area contributed by atoms with Crippen molar-refractivity contribution in [3.05, 3.63) is 70.8 Å². The summed E-state index contributed by atoms with van der Waals surface area (Å²) in [4.78, 5) is 45.0. The van der Waals surface area contributed by atoms with Gasteiger partial charge in [-0.25, -0.2) is 9.59 Å². The highest BCUT2D eigenvalue weighted by Crippen LogP contribution is 2.20. The summed E-state index contributed by atoms with van der Waals surface area (Å²) in [6.45, 7) is 9.86. The zero-order valence-electron chi connectivity index (χ0n) is 18.2. The molecule has 0 aliphatic carbocycles. The SMILES string of the molecule is Cc1cccc(C(=O)OOC(OOC(=O)c2cccc(C)c2)C(C)CCC(C)C)c1. The van der Waals surface area contributed by atoms with Crippen LogP contribution in [0.2, 0.25) is 0 Å². The molecule has 2 aromatic rings. The van der Waals surface area contributed by atoms with E-state index in [1.807, 2.05) is 32.9 Å². The second kappa shape index (κ2) is 11.5. The van der Waals surface area contributed by atoms with Gasteiger partial charge in [0.25, 0.3) is 0 Å². The fourth-order valence-corrected chi connectivity index (χ4v) is 2.76. The van der Waals surface area contributed by atoms with E-state index in [0.29, 0.717) is 17.0 Å². The molecule has 2 rings (SSSR count). The van der Waals surface area contributed by atoms with Crippen molar-refractivity contribution in [2.45, 2.75) is 53.8 Å². The third kappa shape index (κ3) is 7.61. The topological polar surface area (TPSA) is 71.1 Å². The lowest BCUT2D eigenvalue weighted by molar-refractivity contribution is -0.432. The zero-order valence-corrected chi connectivity index (χ0v) is 18.2. The molecule has 6 nitrogen and oxygen atoms in total. The Morgan fingerprint density at radius 2 is 1.23 bits per heavy atom. The van der Waals surface area contributed by atoms with Crippen LogP contribution < -0.4 is 0 Å². The fourth-order valence-electron chi connectivity index (χ4n) is 2.76. The molecule has 30 heavy (non-hydrogen) atoms. The third-order valence-electron chi connectivity index (χ3n) is 4.61. The van der Waals surface area contributed by atoms with Gasteiger partial charge >= 0.3 is 11.9 Å². The Labute approximate surface area is 178 Å². The van der Waals surface area contributed by atoms with Crippen LogP contribution in [0.25, 0.3) is 0 Å². The molecule has 0 spiro atoms. The Bertz CT molecular complexity index is 784. The lowest BCUT2D eigenvalue weighted by Gasteiger charge is -2.21. The maximum atomic E-state index is 12.3. The molecular formula is C24H30O6. The molecule has 1 unspecified atom stereocenters. The zero-order chi connectivity index (χ0) is 22.1. The van der Waals surface area contributed by atoms with Gasteiger partial charge in [0.1, 0.15) is 0 Å². The Hall–Kier alpha value is -2.70. The van der Waals surface area contributed by atoms with E-state index in [2.05, 4.69) is 13.8 Å². The molecule has 1 atom stereocenters. The number of hydrogen-bond donors (Lipinski definition) is 0. The van der Waals surface area contributed by atoms with Crippen molar-refractivity contribution in [1.82, 2.24) is 0 Å². The van der Waals surface area contributed by atoms with Crippen molar-refractivity contribution < 1.29 is 29.1 Å². The summed E-state index contributed by atoms with van der Waals surface area (Å²) in [5, 5.41) is 0. The number of benzene rings is 2. The number of carbonyl (C=O) groups excluding carboxylic acids is 2. The lowest BCUT2D eigenvalue weighted by Crippen LogP contribution is -2.28. The maximum Gasteiger partial charge on any atom is 0.373 e. The first-order valence-corrected chi connectivity index (χ1v) is 10.1. The van der Waals surface area contributed by atoms with Crippen molar-refractivity contribution in [3.8, 4) is 0 Å². The lowest BCUT2D eigenvalue weighted by atomic mass is 9.99. The molecule has 6 heteroatoms. The molecular weight excluding hydrogens is 384 g/mol. The standard InChI is InChI=1S/C24H30O6/c1-16(2)12-13-19(5)24(29-27-22(25)20-10-6-8-17(3)14-20)30-28-23(26)21-11-7-9-18(4)15-21/h6-11,14-16,19,24H,12-13H2,1-5H3. The van der Waals surface area contributed by atoms with Gasteiger partial charge in [-0.05, 0) is 50.5 Å². The van der Waals surface area contributed by atoms with Crippen LogP contribution in [0.1, 0.15) is 65.5 Å².